The fourth-order valence-electron chi connectivity index (χ4n) is 4.03. The Morgan fingerprint density at radius 3 is 2.76 bits per heavy atom. The van der Waals surface area contributed by atoms with E-state index in [9.17, 15) is 0 Å². The van der Waals surface area contributed by atoms with Crippen molar-refractivity contribution in [1.82, 2.24) is 5.32 Å². The molecule has 1 N–H and O–H groups in total. The number of fused-ring (bicyclic) bond motifs is 2. The molecule has 2 heteroatoms. The van der Waals surface area contributed by atoms with Crippen LogP contribution in [0.5, 0.6) is 0 Å². The lowest BCUT2D eigenvalue weighted by Gasteiger charge is -2.31. The molecule has 0 spiro atoms. The molecule has 0 radical (unpaired) electrons. The third-order valence-corrected chi connectivity index (χ3v) is 4.83. The van der Waals surface area contributed by atoms with Crippen molar-refractivity contribution < 1.29 is 4.74 Å². The summed E-state index contributed by atoms with van der Waals surface area (Å²) in [5.74, 6) is 3.08. The summed E-state index contributed by atoms with van der Waals surface area (Å²) in [4.78, 5) is 0. The van der Waals surface area contributed by atoms with Gasteiger partial charge in [-0.2, -0.15) is 0 Å². The molecule has 2 saturated carbocycles. The molecule has 100 valence electrons. The van der Waals surface area contributed by atoms with Crippen LogP contribution in [0.1, 0.15) is 51.9 Å². The van der Waals surface area contributed by atoms with E-state index in [-0.39, 0.29) is 0 Å². The molecule has 2 bridgehead atoms. The van der Waals surface area contributed by atoms with Crippen molar-refractivity contribution in [3.8, 4) is 0 Å². The van der Waals surface area contributed by atoms with E-state index in [4.69, 9.17) is 4.74 Å². The van der Waals surface area contributed by atoms with Gasteiger partial charge < -0.3 is 10.1 Å². The van der Waals surface area contributed by atoms with Gasteiger partial charge in [-0.15, -0.1) is 0 Å². The third-order valence-electron chi connectivity index (χ3n) is 4.83. The van der Waals surface area contributed by atoms with Gasteiger partial charge in [0.05, 0.1) is 0 Å². The molecule has 0 aromatic heterocycles. The molecule has 0 aromatic carbocycles. The minimum absolute atomic E-state index is 0.764. The summed E-state index contributed by atoms with van der Waals surface area (Å²) in [5, 5.41) is 3.80. The number of hydrogen-bond acceptors (Lipinski definition) is 2. The molecule has 0 saturated heterocycles. The van der Waals surface area contributed by atoms with Gasteiger partial charge in [0, 0.05) is 19.8 Å². The van der Waals surface area contributed by atoms with Crippen LogP contribution >= 0.6 is 0 Å². The fraction of sp³-hybridized carbons (Fsp3) is 1.00. The third kappa shape index (κ3) is 3.45. The largest absolute Gasteiger partial charge is 0.385 e. The van der Waals surface area contributed by atoms with Gasteiger partial charge in [-0.3, -0.25) is 0 Å². The molecular weight excluding hydrogens is 210 g/mol. The van der Waals surface area contributed by atoms with Gasteiger partial charge in [0.2, 0.25) is 0 Å². The molecule has 2 aliphatic rings. The van der Waals surface area contributed by atoms with E-state index in [2.05, 4.69) is 12.2 Å². The summed E-state index contributed by atoms with van der Waals surface area (Å²) in [6, 6.07) is 0.764. The molecule has 4 atom stereocenters. The van der Waals surface area contributed by atoms with Crippen LogP contribution in [0.25, 0.3) is 0 Å². The topological polar surface area (TPSA) is 21.3 Å². The Morgan fingerprint density at radius 1 is 1.29 bits per heavy atom. The standard InChI is InChI=1S/C15H29NO/c1-3-8-16-15(5-4-9-17-2)14-11-12-6-7-13(14)10-12/h12-16H,3-11H2,1-2H3. The van der Waals surface area contributed by atoms with E-state index in [1.807, 2.05) is 7.11 Å². The van der Waals surface area contributed by atoms with Crippen LogP contribution in [0.2, 0.25) is 0 Å². The summed E-state index contributed by atoms with van der Waals surface area (Å²) >= 11 is 0. The highest BCUT2D eigenvalue weighted by Gasteiger charge is 2.42. The highest BCUT2D eigenvalue weighted by Crippen LogP contribution is 2.50. The van der Waals surface area contributed by atoms with Crippen molar-refractivity contribution in [2.75, 3.05) is 20.3 Å². The van der Waals surface area contributed by atoms with Crippen molar-refractivity contribution in [2.45, 2.75) is 57.9 Å². The minimum Gasteiger partial charge on any atom is -0.385 e. The maximum absolute atomic E-state index is 5.19. The van der Waals surface area contributed by atoms with Crippen molar-refractivity contribution in [2.24, 2.45) is 17.8 Å². The van der Waals surface area contributed by atoms with Crippen molar-refractivity contribution >= 4 is 0 Å². The van der Waals surface area contributed by atoms with E-state index in [1.165, 1.54) is 51.5 Å². The SMILES string of the molecule is CCCNC(CCCOC)C1CC2CCC1C2. The molecule has 4 unspecified atom stereocenters. The molecule has 2 nitrogen and oxygen atoms in total. The van der Waals surface area contributed by atoms with Gasteiger partial charge in [0.1, 0.15) is 0 Å². The number of rotatable bonds is 8. The van der Waals surface area contributed by atoms with Crippen LogP contribution in [-0.4, -0.2) is 26.3 Å². The number of methoxy groups -OCH3 is 1. The molecule has 2 fully saturated rings. The second-order valence-electron chi connectivity index (χ2n) is 6.03. The van der Waals surface area contributed by atoms with Crippen molar-refractivity contribution in [3.63, 3.8) is 0 Å². The van der Waals surface area contributed by atoms with Gasteiger partial charge in [0.15, 0.2) is 0 Å². The Hall–Kier alpha value is -0.0800. The minimum atomic E-state index is 0.764. The first-order chi connectivity index (χ1) is 8.35. The Morgan fingerprint density at radius 2 is 2.18 bits per heavy atom. The second kappa shape index (κ2) is 6.75. The first-order valence-electron chi connectivity index (χ1n) is 7.57. The van der Waals surface area contributed by atoms with Gasteiger partial charge in [-0.1, -0.05) is 13.3 Å². The van der Waals surface area contributed by atoms with E-state index >= 15 is 0 Å². The predicted molar refractivity (Wildman–Crippen MR) is 72.1 cm³/mol. The Labute approximate surface area is 107 Å². The quantitative estimate of drug-likeness (QED) is 0.657. The average Bonchev–Trinajstić information content (AvgIpc) is 2.95. The van der Waals surface area contributed by atoms with Crippen molar-refractivity contribution in [3.05, 3.63) is 0 Å². The maximum atomic E-state index is 5.19. The molecule has 2 aliphatic carbocycles. The second-order valence-corrected chi connectivity index (χ2v) is 6.03. The molecule has 0 amide bonds. The predicted octanol–water partition coefficient (Wildman–Crippen LogP) is 3.22. The van der Waals surface area contributed by atoms with Crippen LogP contribution in [-0.2, 0) is 4.74 Å². The summed E-state index contributed by atoms with van der Waals surface area (Å²) in [6.45, 7) is 4.37. The maximum Gasteiger partial charge on any atom is 0.0462 e. The summed E-state index contributed by atoms with van der Waals surface area (Å²) in [7, 11) is 1.81. The molecule has 17 heavy (non-hydrogen) atoms. The Balaban J connectivity index is 1.81. The first-order valence-corrected chi connectivity index (χ1v) is 7.57. The zero-order valence-electron chi connectivity index (χ0n) is 11.6. The summed E-state index contributed by atoms with van der Waals surface area (Å²) < 4.78 is 5.19. The molecule has 0 aliphatic heterocycles. The van der Waals surface area contributed by atoms with Gasteiger partial charge in [-0.25, -0.2) is 0 Å². The zero-order valence-corrected chi connectivity index (χ0v) is 11.6. The Kier molecular flexibility index (Phi) is 5.30. The molecular formula is C15H29NO. The van der Waals surface area contributed by atoms with Crippen LogP contribution in [0.15, 0.2) is 0 Å². The van der Waals surface area contributed by atoms with Gasteiger partial charge in [0.25, 0.3) is 0 Å². The monoisotopic (exact) mass is 239 g/mol. The first kappa shape index (κ1) is 13.4. The Bertz CT molecular complexity index is 219. The molecule has 0 heterocycles. The van der Waals surface area contributed by atoms with Crippen LogP contribution in [0, 0.1) is 17.8 Å². The van der Waals surface area contributed by atoms with Gasteiger partial charge >= 0.3 is 0 Å². The lowest BCUT2D eigenvalue weighted by atomic mass is 9.81. The molecule has 0 aromatic rings. The number of ether oxygens (including phenoxy) is 1. The smallest absolute Gasteiger partial charge is 0.0462 e. The summed E-state index contributed by atoms with van der Waals surface area (Å²) in [5.41, 5.74) is 0. The van der Waals surface area contributed by atoms with E-state index < -0.39 is 0 Å². The highest BCUT2D eigenvalue weighted by atomic mass is 16.5. The van der Waals surface area contributed by atoms with Crippen LogP contribution < -0.4 is 5.32 Å². The number of nitrogens with one attached hydrogen (secondary N) is 1. The van der Waals surface area contributed by atoms with Crippen LogP contribution in [0.3, 0.4) is 0 Å². The normalized spacial score (nSPS) is 33.2. The highest BCUT2D eigenvalue weighted by molar-refractivity contribution is 4.95. The number of hydrogen-bond donors (Lipinski definition) is 1. The fourth-order valence-corrected chi connectivity index (χ4v) is 4.03. The van der Waals surface area contributed by atoms with E-state index in [1.54, 1.807) is 0 Å². The molecule has 2 rings (SSSR count). The lowest BCUT2D eigenvalue weighted by molar-refractivity contribution is 0.174. The van der Waals surface area contributed by atoms with Crippen molar-refractivity contribution in [1.29, 1.82) is 0 Å². The van der Waals surface area contributed by atoms with E-state index in [0.717, 1.165) is 30.4 Å². The van der Waals surface area contributed by atoms with Crippen LogP contribution in [0.4, 0.5) is 0 Å². The summed E-state index contributed by atoms with van der Waals surface area (Å²) in [6.07, 6.45) is 9.82. The lowest BCUT2D eigenvalue weighted by Crippen LogP contribution is -2.39. The van der Waals surface area contributed by atoms with E-state index in [0.29, 0.717) is 0 Å². The average molecular weight is 239 g/mol. The zero-order chi connectivity index (χ0) is 12.1. The van der Waals surface area contributed by atoms with Gasteiger partial charge in [-0.05, 0) is 62.8 Å².